The first-order valence-corrected chi connectivity index (χ1v) is 13.4. The van der Waals surface area contributed by atoms with Crippen molar-refractivity contribution in [3.63, 3.8) is 0 Å². The molecule has 0 aliphatic rings. The Morgan fingerprint density at radius 1 is 0.925 bits per heavy atom. The van der Waals surface area contributed by atoms with Gasteiger partial charge in [0.1, 0.15) is 17.2 Å². The molecule has 1 aromatic heterocycles. The highest BCUT2D eigenvalue weighted by molar-refractivity contribution is 6.35. The van der Waals surface area contributed by atoms with Gasteiger partial charge in [-0.25, -0.2) is 5.43 Å². The predicted molar refractivity (Wildman–Crippen MR) is 162 cm³/mol. The molecule has 0 atom stereocenters. The highest BCUT2D eigenvalue weighted by Gasteiger charge is 2.15. The minimum atomic E-state index is -0.599. The summed E-state index contributed by atoms with van der Waals surface area (Å²) in [5.74, 6) is -0.126. The van der Waals surface area contributed by atoms with E-state index >= 15 is 0 Å². The molecule has 0 radical (unpaired) electrons. The van der Waals surface area contributed by atoms with Crippen LogP contribution in [0.15, 0.2) is 100 Å². The van der Waals surface area contributed by atoms with Gasteiger partial charge in [-0.3, -0.25) is 9.59 Å². The van der Waals surface area contributed by atoms with E-state index < -0.39 is 11.8 Å². The van der Waals surface area contributed by atoms with E-state index in [4.69, 9.17) is 27.6 Å². The van der Waals surface area contributed by atoms with Gasteiger partial charge in [0.25, 0.3) is 11.8 Å². The Morgan fingerprint density at radius 3 is 2.35 bits per heavy atom. The fourth-order valence-corrected chi connectivity index (χ4v) is 4.33. The molecule has 1 heterocycles. The third-order valence-corrected chi connectivity index (χ3v) is 6.60. The monoisotopic (exact) mass is 574 g/mol. The van der Waals surface area contributed by atoms with Gasteiger partial charge in [0.15, 0.2) is 0 Å². The number of nitrogens with zero attached hydrogens (tertiary/aromatic N) is 2. The van der Waals surface area contributed by atoms with Gasteiger partial charge in [0.05, 0.1) is 11.2 Å². The molecular weight excluding hydrogens is 547 g/mol. The van der Waals surface area contributed by atoms with E-state index in [1.165, 1.54) is 6.21 Å². The second-order valence-electron chi connectivity index (χ2n) is 8.67. The van der Waals surface area contributed by atoms with Gasteiger partial charge in [-0.15, -0.1) is 0 Å². The first-order chi connectivity index (χ1) is 19.4. The summed E-state index contributed by atoms with van der Waals surface area (Å²) in [5.41, 5.74) is 5.37. The van der Waals surface area contributed by atoms with Gasteiger partial charge >= 0.3 is 0 Å². The topological polar surface area (TPSA) is 86.9 Å². The van der Waals surface area contributed by atoms with Crippen LogP contribution in [-0.2, 0) is 4.79 Å². The molecule has 2 amide bonds. The number of amides is 2. The van der Waals surface area contributed by atoms with Gasteiger partial charge in [0.2, 0.25) is 0 Å². The minimum Gasteiger partial charge on any atom is -0.455 e. The molecule has 3 aromatic carbocycles. The second kappa shape index (κ2) is 13.6. The summed E-state index contributed by atoms with van der Waals surface area (Å²) >= 11 is 12.3. The summed E-state index contributed by atoms with van der Waals surface area (Å²) in [6, 6.07) is 24.9. The van der Waals surface area contributed by atoms with Crippen LogP contribution in [0, 0.1) is 0 Å². The zero-order valence-corrected chi connectivity index (χ0v) is 23.5. The Balaban J connectivity index is 1.52. The van der Waals surface area contributed by atoms with E-state index in [0.29, 0.717) is 32.7 Å². The van der Waals surface area contributed by atoms with E-state index in [1.54, 1.807) is 60.7 Å². The van der Waals surface area contributed by atoms with Crippen molar-refractivity contribution in [2.45, 2.75) is 13.8 Å². The van der Waals surface area contributed by atoms with Crippen molar-refractivity contribution in [3.05, 3.63) is 118 Å². The van der Waals surface area contributed by atoms with Gasteiger partial charge < -0.3 is 14.6 Å². The van der Waals surface area contributed by atoms with Crippen LogP contribution in [0.5, 0.6) is 0 Å². The quantitative estimate of drug-likeness (QED) is 0.121. The summed E-state index contributed by atoms with van der Waals surface area (Å²) in [6.07, 6.45) is 2.96. The summed E-state index contributed by atoms with van der Waals surface area (Å²) in [6.45, 7) is 5.95. The number of anilines is 1. The summed E-state index contributed by atoms with van der Waals surface area (Å²) in [4.78, 5) is 28.2. The SMILES string of the molecule is CCN(CC)c1ccc(/C=C(\NC(=O)c2ccccc2)C(=O)N/N=C\c2ccc(-c3cc(Cl)ccc3Cl)o2)cc1. The molecule has 0 aliphatic carbocycles. The second-order valence-corrected chi connectivity index (χ2v) is 9.51. The predicted octanol–water partition coefficient (Wildman–Crippen LogP) is 7.02. The van der Waals surface area contributed by atoms with E-state index in [0.717, 1.165) is 24.3 Å². The molecule has 204 valence electrons. The number of carbonyl (C=O) groups is 2. The number of nitrogens with one attached hydrogen (secondary N) is 2. The zero-order chi connectivity index (χ0) is 28.5. The Labute approximate surface area is 243 Å². The molecule has 4 aromatic rings. The normalized spacial score (nSPS) is 11.4. The molecule has 0 fully saturated rings. The molecule has 0 saturated heterocycles. The third kappa shape index (κ3) is 7.40. The maximum absolute atomic E-state index is 13.1. The Kier molecular flexibility index (Phi) is 9.78. The minimum absolute atomic E-state index is 0.0347. The van der Waals surface area contributed by atoms with Crippen molar-refractivity contribution >= 4 is 53.0 Å². The van der Waals surface area contributed by atoms with Crippen LogP contribution in [0.2, 0.25) is 10.0 Å². The summed E-state index contributed by atoms with van der Waals surface area (Å²) in [5, 5.41) is 7.73. The molecule has 0 bridgehead atoms. The lowest BCUT2D eigenvalue weighted by Gasteiger charge is -2.20. The maximum Gasteiger partial charge on any atom is 0.287 e. The van der Waals surface area contributed by atoms with Crippen LogP contribution in [-0.4, -0.2) is 31.1 Å². The largest absolute Gasteiger partial charge is 0.455 e. The number of furan rings is 1. The number of benzene rings is 3. The number of rotatable bonds is 10. The number of hydrogen-bond donors (Lipinski definition) is 2. The van der Waals surface area contributed by atoms with Crippen molar-refractivity contribution in [2.24, 2.45) is 5.10 Å². The van der Waals surface area contributed by atoms with Crippen LogP contribution in [0.1, 0.15) is 35.5 Å². The van der Waals surface area contributed by atoms with Crippen LogP contribution >= 0.6 is 23.2 Å². The zero-order valence-electron chi connectivity index (χ0n) is 22.0. The summed E-state index contributed by atoms with van der Waals surface area (Å²) in [7, 11) is 0. The highest BCUT2D eigenvalue weighted by Crippen LogP contribution is 2.31. The van der Waals surface area contributed by atoms with Crippen LogP contribution < -0.4 is 15.6 Å². The Hall–Kier alpha value is -4.33. The van der Waals surface area contributed by atoms with Gasteiger partial charge in [-0.05, 0) is 80.1 Å². The first-order valence-electron chi connectivity index (χ1n) is 12.7. The lowest BCUT2D eigenvalue weighted by molar-refractivity contribution is -0.117. The average molecular weight is 575 g/mol. The average Bonchev–Trinajstić information content (AvgIpc) is 3.44. The van der Waals surface area contributed by atoms with Crippen molar-refractivity contribution in [1.29, 1.82) is 0 Å². The number of hydrazone groups is 1. The Bertz CT molecular complexity index is 1530. The third-order valence-electron chi connectivity index (χ3n) is 6.04. The number of halogens is 2. The maximum atomic E-state index is 13.1. The van der Waals surface area contributed by atoms with Crippen LogP contribution in [0.3, 0.4) is 0 Å². The van der Waals surface area contributed by atoms with Gasteiger partial charge in [-0.1, -0.05) is 53.5 Å². The van der Waals surface area contributed by atoms with E-state index in [2.05, 4.69) is 34.6 Å². The molecular formula is C31H28Cl2N4O3. The Morgan fingerprint density at radius 2 is 1.65 bits per heavy atom. The molecule has 2 N–H and O–H groups in total. The fraction of sp³-hybridized carbons (Fsp3) is 0.129. The molecule has 0 saturated carbocycles. The van der Waals surface area contributed by atoms with Crippen molar-refractivity contribution < 1.29 is 14.0 Å². The van der Waals surface area contributed by atoms with Crippen molar-refractivity contribution in [2.75, 3.05) is 18.0 Å². The molecule has 7 nitrogen and oxygen atoms in total. The van der Waals surface area contributed by atoms with Crippen LogP contribution in [0.4, 0.5) is 5.69 Å². The lowest BCUT2D eigenvalue weighted by atomic mass is 10.1. The molecule has 0 spiro atoms. The van der Waals surface area contributed by atoms with Gasteiger partial charge in [-0.2, -0.15) is 5.10 Å². The standard InChI is InChI=1S/C31H28Cl2N4O3/c1-3-37(4-2)24-13-10-21(11-14-24)18-28(35-30(38)22-8-6-5-7-9-22)31(39)36-34-20-25-15-17-29(40-25)26-19-23(32)12-16-27(26)33/h5-20H,3-4H2,1-2H3,(H,35,38)(H,36,39)/b28-18-,34-20-. The molecule has 0 aliphatic heterocycles. The first kappa shape index (κ1) is 28.7. The molecule has 0 unspecified atom stereocenters. The fourth-order valence-electron chi connectivity index (χ4n) is 3.95. The highest BCUT2D eigenvalue weighted by atomic mass is 35.5. The number of hydrogen-bond acceptors (Lipinski definition) is 5. The molecule has 40 heavy (non-hydrogen) atoms. The van der Waals surface area contributed by atoms with Gasteiger partial charge in [0, 0.05) is 34.9 Å². The smallest absolute Gasteiger partial charge is 0.287 e. The van der Waals surface area contributed by atoms with E-state index in [1.807, 2.05) is 30.3 Å². The van der Waals surface area contributed by atoms with E-state index in [-0.39, 0.29) is 5.70 Å². The number of carbonyl (C=O) groups excluding carboxylic acids is 2. The molecule has 4 rings (SSSR count). The van der Waals surface area contributed by atoms with E-state index in [9.17, 15) is 9.59 Å². The lowest BCUT2D eigenvalue weighted by Crippen LogP contribution is -2.32. The molecule has 9 heteroatoms. The van der Waals surface area contributed by atoms with Crippen molar-refractivity contribution in [1.82, 2.24) is 10.7 Å². The van der Waals surface area contributed by atoms with Crippen molar-refractivity contribution in [3.8, 4) is 11.3 Å². The summed E-state index contributed by atoms with van der Waals surface area (Å²) < 4.78 is 5.78. The van der Waals surface area contributed by atoms with Crippen LogP contribution in [0.25, 0.3) is 17.4 Å².